The molecule has 28 heavy (non-hydrogen) atoms. The van der Waals surface area contributed by atoms with E-state index in [0.717, 1.165) is 6.42 Å². The molecule has 6 aromatic rings. The Labute approximate surface area is 164 Å². The molecule has 132 valence electrons. The Kier molecular flexibility index (Phi) is 3.25. The molecule has 0 fully saturated rings. The summed E-state index contributed by atoms with van der Waals surface area (Å²) in [4.78, 5) is 0. The van der Waals surface area contributed by atoms with Crippen LogP contribution in [0.3, 0.4) is 0 Å². The second kappa shape index (κ2) is 5.81. The van der Waals surface area contributed by atoms with Crippen molar-refractivity contribution in [3.8, 4) is 0 Å². The van der Waals surface area contributed by atoms with Crippen molar-refractivity contribution >= 4 is 43.1 Å². The van der Waals surface area contributed by atoms with Gasteiger partial charge in [0.2, 0.25) is 0 Å². The summed E-state index contributed by atoms with van der Waals surface area (Å²) in [5.41, 5.74) is 4.10. The second-order valence-corrected chi connectivity index (χ2v) is 7.88. The predicted octanol–water partition coefficient (Wildman–Crippen LogP) is 7.64. The minimum atomic E-state index is 0.958. The van der Waals surface area contributed by atoms with Gasteiger partial charge in [0.05, 0.1) is 0 Å². The Morgan fingerprint density at radius 2 is 1.18 bits per heavy atom. The summed E-state index contributed by atoms with van der Waals surface area (Å²) in [6, 6.07) is 33.6. The van der Waals surface area contributed by atoms with Crippen molar-refractivity contribution in [3.63, 3.8) is 0 Å². The van der Waals surface area contributed by atoms with Crippen molar-refractivity contribution in [2.24, 2.45) is 0 Å². The van der Waals surface area contributed by atoms with Crippen LogP contribution in [0.15, 0.2) is 91.0 Å². The van der Waals surface area contributed by atoms with Crippen molar-refractivity contribution < 1.29 is 0 Å². The third kappa shape index (κ3) is 2.18. The summed E-state index contributed by atoms with van der Waals surface area (Å²) in [5.74, 6) is 0. The Balaban J connectivity index is 1.80. The zero-order valence-corrected chi connectivity index (χ0v) is 15.9. The van der Waals surface area contributed by atoms with Crippen LogP contribution in [0.4, 0.5) is 0 Å². The third-order valence-electron chi connectivity index (χ3n) is 6.07. The maximum atomic E-state index is 2.33. The highest BCUT2D eigenvalue weighted by atomic mass is 14.2. The Morgan fingerprint density at radius 1 is 0.536 bits per heavy atom. The van der Waals surface area contributed by atoms with E-state index in [2.05, 4.69) is 97.9 Å². The molecule has 6 rings (SSSR count). The average Bonchev–Trinajstić information content (AvgIpc) is 2.72. The van der Waals surface area contributed by atoms with Gasteiger partial charge in [0.25, 0.3) is 0 Å². The molecule has 0 aliphatic carbocycles. The standard InChI is InChI=1S/C28H20/c1-18-6-2-7-19(16-18)17-22-15-14-21-10-4-12-24-23-11-3-8-20-9-5-13-25(26(20)23)28(22)27(21)24/h2-16H,17H2,1H3. The van der Waals surface area contributed by atoms with Crippen molar-refractivity contribution in [1.29, 1.82) is 0 Å². The lowest BCUT2D eigenvalue weighted by molar-refractivity contribution is 1.20. The number of fused-ring (bicyclic) bond motifs is 2. The van der Waals surface area contributed by atoms with Gasteiger partial charge in [-0.1, -0.05) is 96.6 Å². The fraction of sp³-hybridized carbons (Fsp3) is 0.0714. The lowest BCUT2D eigenvalue weighted by atomic mass is 9.86. The molecule has 0 amide bonds. The molecule has 0 aromatic heterocycles. The van der Waals surface area contributed by atoms with Gasteiger partial charge >= 0.3 is 0 Å². The average molecular weight is 356 g/mol. The van der Waals surface area contributed by atoms with Crippen LogP contribution in [0.1, 0.15) is 16.7 Å². The van der Waals surface area contributed by atoms with Crippen LogP contribution in [-0.4, -0.2) is 0 Å². The van der Waals surface area contributed by atoms with E-state index in [4.69, 9.17) is 0 Å². The summed E-state index contributed by atoms with van der Waals surface area (Å²) in [7, 11) is 0. The van der Waals surface area contributed by atoms with Gasteiger partial charge in [0.15, 0.2) is 0 Å². The lowest BCUT2D eigenvalue weighted by Gasteiger charge is -2.17. The summed E-state index contributed by atoms with van der Waals surface area (Å²) >= 11 is 0. The van der Waals surface area contributed by atoms with E-state index in [1.165, 1.54) is 59.8 Å². The molecule has 0 saturated carbocycles. The maximum Gasteiger partial charge on any atom is -0.00193 e. The van der Waals surface area contributed by atoms with Gasteiger partial charge in [-0.05, 0) is 67.6 Å². The molecular weight excluding hydrogens is 336 g/mol. The van der Waals surface area contributed by atoms with Crippen molar-refractivity contribution in [2.75, 3.05) is 0 Å². The quantitative estimate of drug-likeness (QED) is 0.221. The minimum Gasteiger partial charge on any atom is -0.0617 e. The summed E-state index contributed by atoms with van der Waals surface area (Å²) in [6.07, 6.45) is 0.958. The maximum absolute atomic E-state index is 2.33. The van der Waals surface area contributed by atoms with E-state index < -0.39 is 0 Å². The molecule has 0 nitrogen and oxygen atoms in total. The van der Waals surface area contributed by atoms with Crippen LogP contribution in [0, 0.1) is 6.92 Å². The van der Waals surface area contributed by atoms with Crippen LogP contribution in [0.25, 0.3) is 43.1 Å². The number of benzene rings is 6. The number of rotatable bonds is 2. The van der Waals surface area contributed by atoms with Crippen LogP contribution in [0.5, 0.6) is 0 Å². The fourth-order valence-corrected chi connectivity index (χ4v) is 4.92. The van der Waals surface area contributed by atoms with Gasteiger partial charge in [-0.2, -0.15) is 0 Å². The monoisotopic (exact) mass is 356 g/mol. The van der Waals surface area contributed by atoms with Crippen LogP contribution in [-0.2, 0) is 6.42 Å². The lowest BCUT2D eigenvalue weighted by Crippen LogP contribution is -1.94. The van der Waals surface area contributed by atoms with Crippen LogP contribution in [0.2, 0.25) is 0 Å². The summed E-state index contributed by atoms with van der Waals surface area (Å²) in [6.45, 7) is 2.17. The number of hydrogen-bond acceptors (Lipinski definition) is 0. The molecule has 0 heteroatoms. The zero-order valence-electron chi connectivity index (χ0n) is 15.9. The zero-order chi connectivity index (χ0) is 18.7. The van der Waals surface area contributed by atoms with Crippen LogP contribution < -0.4 is 0 Å². The summed E-state index contributed by atoms with van der Waals surface area (Å²) in [5, 5.41) is 11.0. The molecule has 0 aliphatic heterocycles. The molecule has 0 spiro atoms. The van der Waals surface area contributed by atoms with Gasteiger partial charge < -0.3 is 0 Å². The van der Waals surface area contributed by atoms with Crippen molar-refractivity contribution in [2.45, 2.75) is 13.3 Å². The summed E-state index contributed by atoms with van der Waals surface area (Å²) < 4.78 is 0. The fourth-order valence-electron chi connectivity index (χ4n) is 4.92. The van der Waals surface area contributed by atoms with Gasteiger partial charge in [-0.15, -0.1) is 0 Å². The minimum absolute atomic E-state index is 0.958. The number of hydrogen-bond donors (Lipinski definition) is 0. The van der Waals surface area contributed by atoms with E-state index in [9.17, 15) is 0 Å². The first-order valence-corrected chi connectivity index (χ1v) is 9.92. The second-order valence-electron chi connectivity index (χ2n) is 7.88. The predicted molar refractivity (Wildman–Crippen MR) is 122 cm³/mol. The van der Waals surface area contributed by atoms with E-state index in [1.54, 1.807) is 0 Å². The first-order valence-electron chi connectivity index (χ1n) is 9.92. The third-order valence-corrected chi connectivity index (χ3v) is 6.07. The number of aryl methyl sites for hydroxylation is 1. The molecule has 0 unspecified atom stereocenters. The van der Waals surface area contributed by atoms with Crippen molar-refractivity contribution in [3.05, 3.63) is 108 Å². The largest absolute Gasteiger partial charge is 0.0617 e. The normalized spacial score (nSPS) is 11.9. The highest BCUT2D eigenvalue weighted by molar-refractivity contribution is 6.33. The van der Waals surface area contributed by atoms with Gasteiger partial charge in [0, 0.05) is 0 Å². The molecule has 0 atom stereocenters. The smallest absolute Gasteiger partial charge is 0.00193 e. The molecule has 0 heterocycles. The first-order chi connectivity index (χ1) is 13.8. The molecule has 6 aromatic carbocycles. The highest BCUT2D eigenvalue weighted by Crippen LogP contribution is 2.41. The molecule has 0 bridgehead atoms. The molecule has 0 saturated heterocycles. The van der Waals surface area contributed by atoms with E-state index in [-0.39, 0.29) is 0 Å². The Morgan fingerprint density at radius 3 is 1.93 bits per heavy atom. The first kappa shape index (κ1) is 15.7. The van der Waals surface area contributed by atoms with Gasteiger partial charge in [0.1, 0.15) is 0 Å². The van der Waals surface area contributed by atoms with E-state index >= 15 is 0 Å². The Hall–Kier alpha value is -3.38. The van der Waals surface area contributed by atoms with Gasteiger partial charge in [-0.25, -0.2) is 0 Å². The van der Waals surface area contributed by atoms with Crippen LogP contribution >= 0.6 is 0 Å². The molecule has 0 N–H and O–H groups in total. The van der Waals surface area contributed by atoms with Crippen molar-refractivity contribution in [1.82, 2.24) is 0 Å². The van der Waals surface area contributed by atoms with Gasteiger partial charge in [-0.3, -0.25) is 0 Å². The highest BCUT2D eigenvalue weighted by Gasteiger charge is 2.15. The topological polar surface area (TPSA) is 0 Å². The van der Waals surface area contributed by atoms with E-state index in [0.29, 0.717) is 0 Å². The molecular formula is C28H20. The van der Waals surface area contributed by atoms with E-state index in [1.807, 2.05) is 0 Å². The molecule has 0 aliphatic rings. The SMILES string of the molecule is Cc1cccc(Cc2ccc3cccc4c5cccc6cccc(c2c34)c65)c1. The molecule has 0 radical (unpaired) electrons. The Bertz CT molecular complexity index is 1480.